The van der Waals surface area contributed by atoms with Crippen molar-refractivity contribution in [2.24, 2.45) is 5.41 Å². The van der Waals surface area contributed by atoms with E-state index in [1.54, 1.807) is 23.0 Å². The number of aromatic nitrogens is 6. The Morgan fingerprint density at radius 2 is 1.18 bits per heavy atom. The van der Waals surface area contributed by atoms with Crippen molar-refractivity contribution in [3.05, 3.63) is 101 Å². The average molecular weight is 591 g/mol. The van der Waals surface area contributed by atoms with Crippen molar-refractivity contribution in [3.8, 4) is 17.2 Å². The van der Waals surface area contributed by atoms with Crippen LogP contribution in [-0.2, 0) is 24.9 Å². The lowest BCUT2D eigenvalue weighted by Gasteiger charge is -2.33. The molecule has 0 amide bonds. The molecule has 0 unspecified atom stereocenters. The van der Waals surface area contributed by atoms with Gasteiger partial charge in [0.1, 0.15) is 39.3 Å². The molecule has 0 radical (unpaired) electrons. The Hall–Kier alpha value is -4.92. The van der Waals surface area contributed by atoms with Crippen LogP contribution in [0.15, 0.2) is 72.8 Å². The summed E-state index contributed by atoms with van der Waals surface area (Å²) < 4.78 is 0. The molecule has 0 saturated carbocycles. The molecule has 3 N–H and O–H groups in total. The molecule has 6 rings (SSSR count). The molecule has 4 aromatic carbocycles. The number of benzene rings is 4. The summed E-state index contributed by atoms with van der Waals surface area (Å²) in [6.07, 6.45) is 1.49. The van der Waals surface area contributed by atoms with Crippen LogP contribution in [0.1, 0.15) is 68.9 Å². The Labute approximate surface area is 256 Å². The lowest BCUT2D eigenvalue weighted by atomic mass is 9.72. The van der Waals surface area contributed by atoms with Gasteiger partial charge in [0.25, 0.3) is 0 Å². The minimum atomic E-state index is -0.0519. The van der Waals surface area contributed by atoms with Gasteiger partial charge >= 0.3 is 0 Å². The largest absolute Gasteiger partial charge is 0.508 e. The molecule has 9 nitrogen and oxygen atoms in total. The van der Waals surface area contributed by atoms with Crippen LogP contribution < -0.4 is 0 Å². The molecule has 0 aliphatic rings. The summed E-state index contributed by atoms with van der Waals surface area (Å²) in [5.41, 5.74) is 7.13. The zero-order valence-electron chi connectivity index (χ0n) is 25.8. The Morgan fingerprint density at radius 3 is 1.82 bits per heavy atom. The number of hydrogen-bond donors (Lipinski definition) is 3. The monoisotopic (exact) mass is 590 g/mol. The second-order valence-electron chi connectivity index (χ2n) is 13.5. The number of hydrogen-bond acceptors (Lipinski definition) is 7. The van der Waals surface area contributed by atoms with Gasteiger partial charge in [-0.05, 0) is 88.9 Å². The summed E-state index contributed by atoms with van der Waals surface area (Å²) in [7, 11) is 0. The number of aromatic hydroxyl groups is 3. The molecular formula is C35H38N6O3. The summed E-state index contributed by atoms with van der Waals surface area (Å²) >= 11 is 0. The Balaban J connectivity index is 1.19. The molecule has 226 valence electrons. The third kappa shape index (κ3) is 6.22. The fourth-order valence-electron chi connectivity index (χ4n) is 6.21. The first kappa shape index (κ1) is 29.2. The van der Waals surface area contributed by atoms with Crippen molar-refractivity contribution in [1.82, 2.24) is 30.0 Å². The summed E-state index contributed by atoms with van der Waals surface area (Å²) in [5.74, 6) is 0.198. The minimum absolute atomic E-state index is 0.0129. The molecule has 0 aliphatic carbocycles. The van der Waals surface area contributed by atoms with E-state index in [0.717, 1.165) is 45.2 Å². The predicted octanol–water partition coefficient (Wildman–Crippen LogP) is 6.69. The highest BCUT2D eigenvalue weighted by molar-refractivity contribution is 5.74. The van der Waals surface area contributed by atoms with E-state index >= 15 is 0 Å². The maximum atomic E-state index is 10.8. The molecular weight excluding hydrogens is 552 g/mol. The zero-order chi connectivity index (χ0) is 31.2. The van der Waals surface area contributed by atoms with E-state index in [4.69, 9.17) is 5.10 Å². The lowest BCUT2D eigenvalue weighted by Crippen LogP contribution is -2.25. The fourth-order valence-corrected chi connectivity index (χ4v) is 6.21. The Bertz CT molecular complexity index is 1930. The first-order valence-corrected chi connectivity index (χ1v) is 14.8. The van der Waals surface area contributed by atoms with Crippen LogP contribution in [0.3, 0.4) is 0 Å². The van der Waals surface area contributed by atoms with Gasteiger partial charge in [-0.3, -0.25) is 0 Å². The summed E-state index contributed by atoms with van der Waals surface area (Å²) in [4.78, 5) is 3.09. The summed E-state index contributed by atoms with van der Waals surface area (Å²) in [6, 6.07) is 22.5. The van der Waals surface area contributed by atoms with Gasteiger partial charge < -0.3 is 15.3 Å². The summed E-state index contributed by atoms with van der Waals surface area (Å²) in [6.45, 7) is 11.7. The van der Waals surface area contributed by atoms with Gasteiger partial charge in [-0.1, -0.05) is 58.9 Å². The Kier molecular flexibility index (Phi) is 7.27. The van der Waals surface area contributed by atoms with E-state index in [1.165, 1.54) is 10.4 Å². The first-order chi connectivity index (χ1) is 20.8. The highest BCUT2D eigenvalue weighted by atomic mass is 16.3. The molecule has 0 fully saturated rings. The van der Waals surface area contributed by atoms with Crippen molar-refractivity contribution < 1.29 is 15.3 Å². The van der Waals surface area contributed by atoms with Gasteiger partial charge in [-0.25, -0.2) is 0 Å². The van der Waals surface area contributed by atoms with Crippen LogP contribution >= 0.6 is 0 Å². The van der Waals surface area contributed by atoms with E-state index in [0.29, 0.717) is 18.5 Å². The van der Waals surface area contributed by atoms with Crippen LogP contribution in [-0.4, -0.2) is 45.3 Å². The molecule has 2 aromatic heterocycles. The van der Waals surface area contributed by atoms with Crippen LogP contribution in [0.4, 0.5) is 0 Å². The van der Waals surface area contributed by atoms with Crippen LogP contribution in [0.25, 0.3) is 22.1 Å². The molecule has 2 heterocycles. The van der Waals surface area contributed by atoms with E-state index < -0.39 is 0 Å². The number of phenolic OH excluding ortho intramolecular Hbond substituents is 3. The van der Waals surface area contributed by atoms with E-state index in [1.807, 2.05) is 48.5 Å². The maximum absolute atomic E-state index is 10.8. The van der Waals surface area contributed by atoms with Gasteiger partial charge in [-0.2, -0.15) is 30.0 Å². The van der Waals surface area contributed by atoms with Crippen molar-refractivity contribution in [1.29, 1.82) is 0 Å². The molecule has 6 aromatic rings. The number of rotatable bonds is 8. The first-order valence-electron chi connectivity index (χ1n) is 14.8. The van der Waals surface area contributed by atoms with Crippen LogP contribution in [0, 0.1) is 5.41 Å². The van der Waals surface area contributed by atoms with Gasteiger partial charge in [0, 0.05) is 5.56 Å². The normalized spacial score (nSPS) is 12.4. The van der Waals surface area contributed by atoms with Crippen molar-refractivity contribution in [2.75, 3.05) is 0 Å². The van der Waals surface area contributed by atoms with Gasteiger partial charge in [0.15, 0.2) is 0 Å². The Morgan fingerprint density at radius 1 is 0.591 bits per heavy atom. The van der Waals surface area contributed by atoms with Crippen LogP contribution in [0.2, 0.25) is 0 Å². The smallest absolute Gasteiger partial charge is 0.124 e. The molecule has 0 aliphatic heterocycles. The standard InChI is InChI=1S/C35H38N6O3/c1-34(2,3)21-35(4,5)25-11-13-31(42)24(18-25)19-40-38-29-12-10-22(15-30(29)39-40)14-23-16-32(43)26(33(44)17-23)20-41-36-27-8-6-7-9-28(27)37-41/h6-13,15-18,42-44H,14,19-21H2,1-5H3. The maximum Gasteiger partial charge on any atom is 0.124 e. The lowest BCUT2D eigenvalue weighted by molar-refractivity contribution is 0.284. The zero-order valence-corrected chi connectivity index (χ0v) is 25.8. The molecule has 44 heavy (non-hydrogen) atoms. The average Bonchev–Trinajstić information content (AvgIpc) is 3.53. The van der Waals surface area contributed by atoms with Gasteiger partial charge in [-0.15, -0.1) is 0 Å². The van der Waals surface area contributed by atoms with Crippen molar-refractivity contribution in [3.63, 3.8) is 0 Å². The third-order valence-corrected chi connectivity index (χ3v) is 7.93. The summed E-state index contributed by atoms with van der Waals surface area (Å²) in [5, 5.41) is 50.4. The number of fused-ring (bicyclic) bond motifs is 2. The second-order valence-corrected chi connectivity index (χ2v) is 13.5. The highest BCUT2D eigenvalue weighted by Crippen LogP contribution is 2.38. The fraction of sp³-hybridized carbons (Fsp3) is 0.314. The molecule has 0 saturated heterocycles. The van der Waals surface area contributed by atoms with Gasteiger partial charge in [0.05, 0.1) is 18.7 Å². The van der Waals surface area contributed by atoms with E-state index in [9.17, 15) is 15.3 Å². The number of phenols is 3. The topological polar surface area (TPSA) is 122 Å². The molecule has 9 heteroatoms. The predicted molar refractivity (Wildman–Crippen MR) is 171 cm³/mol. The quantitative estimate of drug-likeness (QED) is 0.180. The third-order valence-electron chi connectivity index (χ3n) is 7.93. The van der Waals surface area contributed by atoms with Crippen molar-refractivity contribution >= 4 is 22.1 Å². The molecule has 0 bridgehead atoms. The number of nitrogens with zero attached hydrogens (tertiary/aromatic N) is 6. The molecule has 0 spiro atoms. The van der Waals surface area contributed by atoms with Gasteiger partial charge in [0.2, 0.25) is 0 Å². The van der Waals surface area contributed by atoms with E-state index in [-0.39, 0.29) is 34.6 Å². The van der Waals surface area contributed by atoms with E-state index in [2.05, 4.69) is 56.0 Å². The molecule has 0 atom stereocenters. The van der Waals surface area contributed by atoms with Crippen LogP contribution in [0.5, 0.6) is 17.2 Å². The SMILES string of the molecule is CC(C)(C)CC(C)(C)c1ccc(O)c(Cn2nc3ccc(Cc4cc(O)c(Cn5nc6ccccc6n5)c(O)c4)cc3n2)c1. The highest BCUT2D eigenvalue weighted by Gasteiger charge is 2.28. The van der Waals surface area contributed by atoms with Crippen molar-refractivity contribution in [2.45, 2.75) is 66.0 Å². The minimum Gasteiger partial charge on any atom is -0.508 e. The second kappa shape index (κ2) is 11.0.